The lowest BCUT2D eigenvalue weighted by Gasteiger charge is -2.28. The molecule has 8 N–H and O–H groups in total. The number of carbonyl (C=O) groups is 10. The molecule has 1 aliphatic rings. The van der Waals surface area contributed by atoms with Crippen molar-refractivity contribution < 1.29 is 107 Å². The maximum atomic E-state index is 12.9. The van der Waals surface area contributed by atoms with Crippen LogP contribution in [0.4, 0.5) is 35.6 Å². The fourth-order valence-electron chi connectivity index (χ4n) is 12.0. The van der Waals surface area contributed by atoms with E-state index in [1.165, 1.54) is 144 Å². The van der Waals surface area contributed by atoms with Crippen molar-refractivity contribution in [2.45, 2.75) is 88.4 Å². The number of thiazole rings is 6. The number of aryl methyl sites for hydroxylation is 4. The number of benzene rings is 6. The lowest BCUT2D eigenvalue weighted by molar-refractivity contribution is -0.132. The van der Waals surface area contributed by atoms with E-state index in [2.05, 4.69) is 98.6 Å². The number of aromatic nitrogens is 10. The van der Waals surface area contributed by atoms with Crippen LogP contribution in [0.1, 0.15) is 105 Å². The molecule has 42 nitrogen and oxygen atoms in total. The molecule has 7 amide bonds. The van der Waals surface area contributed by atoms with E-state index in [-0.39, 0.29) is 105 Å². The molecule has 1 fully saturated rings. The van der Waals surface area contributed by atoms with Crippen LogP contribution >= 0.6 is 68.0 Å². The number of amides is 7. The third-order valence-electron chi connectivity index (χ3n) is 19.1. The van der Waals surface area contributed by atoms with Gasteiger partial charge in [-0.2, -0.15) is 0 Å². The minimum atomic E-state index is -1.64. The van der Waals surface area contributed by atoms with Gasteiger partial charge in [-0.05, 0) is 133 Å². The molecule has 6 unspecified atom stereocenters. The summed E-state index contributed by atoms with van der Waals surface area (Å²) in [5, 5.41) is 48.9. The number of carbonyl (C=O) groups excluding carboxylic acids is 10. The molecule has 0 saturated carbocycles. The molecule has 0 spiro atoms. The van der Waals surface area contributed by atoms with Crippen LogP contribution in [0.3, 0.4) is 0 Å². The van der Waals surface area contributed by atoms with Gasteiger partial charge in [-0.25, -0.2) is 63.1 Å². The number of esters is 2. The van der Waals surface area contributed by atoms with Gasteiger partial charge in [0.25, 0.3) is 41.9 Å². The van der Waals surface area contributed by atoms with Crippen LogP contribution in [0.2, 0.25) is 0 Å². The minimum Gasteiger partial charge on any atom is -0.507 e. The zero-order valence-corrected chi connectivity index (χ0v) is 89.9. The molecule has 772 valence electrons. The topological polar surface area (TPSA) is 571 Å². The molecule has 14 aromatic rings. The first kappa shape index (κ1) is 115. The van der Waals surface area contributed by atoms with Crippen molar-refractivity contribution in [3.05, 3.63) is 246 Å². The lowest BCUT2D eigenvalue weighted by Crippen LogP contribution is -2.41. The Hall–Kier alpha value is -13.9. The zero-order chi connectivity index (χ0) is 107. The molecule has 1 aliphatic heterocycles. The fourth-order valence-corrected chi connectivity index (χ4v) is 21.7. The van der Waals surface area contributed by atoms with Crippen molar-refractivity contribution in [3.8, 4) is 34.5 Å². The lowest BCUT2D eigenvalue weighted by atomic mass is 10.1. The molecule has 15 rings (SSSR count). The SMILES string of the molecule is CC(=O)Oc1ccc(C)cc1C(=O)Nc1nc(S(C)=O)cs1.CC(=O)Oc1ccc(C)cc1C(=O)Nc1nc(S(C)=O)cs1.Cc1ccc(O)c(C(=O)Nc2nc(S(C)=O)cs2)c1.Cc1ccc(OC(=O)N(C)CCCN(C)CCN2CCOCC2)c(C(=O)Nc2nc(S(C)=O)cs2)c1.O=C(Nc1nc(S(=O)c2ncccn2)cs1)c1ccccc1O.O=COc1ccccc1C(=O)Nc1nc(S(=O)c2ncccn2)cs1. The number of phenolic OH excluding ortho intramolecular Hbond substituents is 2. The van der Waals surface area contributed by atoms with Crippen LogP contribution < -0.4 is 50.8 Å². The third-order valence-corrected chi connectivity index (χ3v) is 30.0. The molecule has 147 heavy (non-hydrogen) atoms. The number of rotatable bonds is 32. The average molecular weight is 2230 g/mol. The predicted octanol–water partition coefficient (Wildman–Crippen LogP) is 13.4. The highest BCUT2D eigenvalue weighted by molar-refractivity contribution is 7.86. The summed E-state index contributed by atoms with van der Waals surface area (Å²) in [6.07, 6.45) is 12.3. The van der Waals surface area contributed by atoms with Gasteiger partial charge in [0.15, 0.2) is 30.8 Å². The van der Waals surface area contributed by atoms with Crippen molar-refractivity contribution in [2.75, 3.05) is 124 Å². The van der Waals surface area contributed by atoms with Gasteiger partial charge in [0.05, 0.1) is 89.8 Å². The first-order chi connectivity index (χ1) is 70.3. The van der Waals surface area contributed by atoms with Crippen LogP contribution in [-0.2, 0) is 83.9 Å². The van der Waals surface area contributed by atoms with Crippen LogP contribution in [-0.4, -0.2) is 252 Å². The summed E-state index contributed by atoms with van der Waals surface area (Å²) in [5.74, 6) is -3.30. The van der Waals surface area contributed by atoms with Crippen molar-refractivity contribution in [2.24, 2.45) is 0 Å². The number of nitrogens with one attached hydrogen (secondary N) is 6. The standard InChI is InChI=1S/C24H35N5O5S2.C15H10N4O4S2.C14H10N4O3S2.2C14H14N2O4S2.C12H12N2O3S2/c1-18-6-7-20(19(16-18)22(30)26-23-25-21(17-35-23)36(4)32)34-24(31)28(3)9-5-8-27(2)10-11-29-12-14-33-15-13-29;20-9-23-11-5-2-1-4-10(11)13(21)19-14-18-12(8-24-14)25(22)15-16-6-3-7-17-15;19-10-5-2-1-4-9(10)12(20)18-13-17-11(8-22-13)23(21)14-15-6-3-7-16-14;2*1-8-4-5-11(20-9(2)17)10(6-8)13(18)16-14-15-12(7-21-14)22(3)19;1-7-3-4-9(15)8(5-7)11(16)14-12-13-10(6-18-12)19(2)17/h6-7,16-17H,5,8-15H2,1-4H3,(H,25,26,30);1-9H,(H,18,19,21);1-8,19H,(H,17,18,20);2*4-7H,1-3H3,(H,15,16,18);3-6,15H,1-2H3,(H,13,14,16). The number of nitrogens with zero attached hydrogens (tertiary/aromatic N) is 13. The summed E-state index contributed by atoms with van der Waals surface area (Å²) in [6.45, 7) is 17.0. The normalized spacial score (nSPS) is 12.6. The van der Waals surface area contributed by atoms with E-state index in [0.29, 0.717) is 47.2 Å². The van der Waals surface area contributed by atoms with Crippen LogP contribution in [0.25, 0.3) is 0 Å². The second-order valence-corrected chi connectivity index (χ2v) is 43.5. The van der Waals surface area contributed by atoms with Crippen molar-refractivity contribution in [3.63, 3.8) is 0 Å². The van der Waals surface area contributed by atoms with Gasteiger partial charge in [0.2, 0.25) is 10.3 Å². The summed E-state index contributed by atoms with van der Waals surface area (Å²) < 4.78 is 95.8. The van der Waals surface area contributed by atoms with Crippen molar-refractivity contribution in [1.82, 2.24) is 64.5 Å². The van der Waals surface area contributed by atoms with Crippen LogP contribution in [0.15, 0.2) is 231 Å². The number of hydrogen-bond acceptors (Lipinski definition) is 41. The number of anilines is 6. The van der Waals surface area contributed by atoms with Gasteiger partial charge in [0.1, 0.15) is 86.3 Å². The zero-order valence-electron chi connectivity index (χ0n) is 80.1. The van der Waals surface area contributed by atoms with Gasteiger partial charge in [-0.3, -0.25) is 96.8 Å². The number of phenols is 2. The Morgan fingerprint density at radius 2 is 0.714 bits per heavy atom. The van der Waals surface area contributed by atoms with Gasteiger partial charge < -0.3 is 43.7 Å². The largest absolute Gasteiger partial charge is 0.507 e. The van der Waals surface area contributed by atoms with Crippen molar-refractivity contribution >= 4 is 224 Å². The smallest absolute Gasteiger partial charge is 0.414 e. The van der Waals surface area contributed by atoms with E-state index in [4.69, 9.17) is 23.7 Å². The first-order valence-corrected chi connectivity index (χ1v) is 56.8. The highest BCUT2D eigenvalue weighted by atomic mass is 32.2. The minimum absolute atomic E-state index is 0.0843. The third kappa shape index (κ3) is 36.3. The second kappa shape index (κ2) is 57.3. The summed E-state index contributed by atoms with van der Waals surface area (Å²) in [6, 6.07) is 35.4. The number of morpholine rings is 1. The quantitative estimate of drug-likeness (QED) is 0.00840. The van der Waals surface area contributed by atoms with Crippen molar-refractivity contribution in [1.29, 1.82) is 0 Å². The molecule has 9 heterocycles. The number of ether oxygens (including phenoxy) is 5. The highest BCUT2D eigenvalue weighted by Crippen LogP contribution is 2.32. The molecule has 6 atom stereocenters. The Kier molecular flexibility index (Phi) is 44.9. The number of aromatic hydroxyl groups is 2. The van der Waals surface area contributed by atoms with Gasteiger partial charge in [0, 0.05) is 136 Å². The van der Waals surface area contributed by atoms with Gasteiger partial charge in [-0.1, -0.05) is 70.8 Å². The molecule has 6 aromatic carbocycles. The molecule has 0 bridgehead atoms. The van der Waals surface area contributed by atoms with E-state index in [1.807, 2.05) is 27.7 Å². The molecule has 0 radical (unpaired) electrons. The fraction of sp³-hybridized carbons (Fsp3) is 0.226. The monoisotopic (exact) mass is 2230 g/mol. The second-order valence-electron chi connectivity index (χ2n) is 30.4. The van der Waals surface area contributed by atoms with E-state index in [1.54, 1.807) is 142 Å². The molecular formula is C93H95N19O23S12. The molecule has 1 saturated heterocycles. The van der Waals surface area contributed by atoms with E-state index in [9.17, 15) is 83.4 Å². The number of hydrogen-bond donors (Lipinski definition) is 8. The molecular weight excluding hydrogens is 2140 g/mol. The number of likely N-dealkylation sites (N-methyl/N-ethyl adjacent to an activating group) is 1. The van der Waals surface area contributed by atoms with E-state index >= 15 is 0 Å². The first-order valence-electron chi connectivity index (χ1n) is 43.0. The van der Waals surface area contributed by atoms with Gasteiger partial charge in [-0.15, -0.1) is 68.0 Å². The van der Waals surface area contributed by atoms with Gasteiger partial charge >= 0.3 is 18.0 Å². The highest BCUT2D eigenvalue weighted by Gasteiger charge is 2.26. The Labute approximate surface area is 880 Å². The van der Waals surface area contributed by atoms with Crippen LogP contribution in [0, 0.1) is 27.7 Å². The maximum Gasteiger partial charge on any atom is 0.414 e. The summed E-state index contributed by atoms with van der Waals surface area (Å²) in [7, 11) is -4.30. The molecule has 54 heteroatoms. The Bertz CT molecular complexity index is 7040. The maximum absolute atomic E-state index is 12.9. The molecule has 8 aromatic heterocycles. The predicted molar refractivity (Wildman–Crippen MR) is 561 cm³/mol. The van der Waals surface area contributed by atoms with E-state index in [0.717, 1.165) is 97.3 Å². The Morgan fingerprint density at radius 1 is 0.395 bits per heavy atom. The molecule has 0 aliphatic carbocycles. The number of para-hydroxylation sites is 2. The summed E-state index contributed by atoms with van der Waals surface area (Å²) in [5.41, 5.74) is 4.65. The summed E-state index contributed by atoms with van der Waals surface area (Å²) in [4.78, 5) is 166. The van der Waals surface area contributed by atoms with E-state index < -0.39 is 118 Å². The Morgan fingerprint density at radius 3 is 1.08 bits per heavy atom. The van der Waals surface area contributed by atoms with Crippen LogP contribution in [0.5, 0.6) is 34.5 Å². The summed E-state index contributed by atoms with van der Waals surface area (Å²) >= 11 is 6.98. The Balaban J connectivity index is 0.000000183. The average Bonchev–Trinajstić information content (AvgIpc) is 1.40.